The first-order valence-electron chi connectivity index (χ1n) is 5.49. The van der Waals surface area contributed by atoms with Gasteiger partial charge in [0.1, 0.15) is 5.82 Å². The molecule has 0 atom stereocenters. The molecule has 0 heterocycles. The molecule has 0 aromatic heterocycles. The minimum Gasteiger partial charge on any atom is -0.449 e. The van der Waals surface area contributed by atoms with Gasteiger partial charge in [0.25, 0.3) is 0 Å². The number of benzene rings is 1. The van der Waals surface area contributed by atoms with Gasteiger partial charge in [-0.15, -0.1) is 0 Å². The Bertz CT molecular complexity index is 401. The fourth-order valence-electron chi connectivity index (χ4n) is 1.25. The van der Waals surface area contributed by atoms with Crippen LogP contribution < -0.4 is 4.90 Å². The molecule has 1 rings (SSSR count). The Labute approximate surface area is 104 Å². The van der Waals surface area contributed by atoms with E-state index in [1.165, 1.54) is 12.1 Å². The van der Waals surface area contributed by atoms with E-state index in [1.54, 1.807) is 13.8 Å². The van der Waals surface area contributed by atoms with Gasteiger partial charge in [0.2, 0.25) is 0 Å². The van der Waals surface area contributed by atoms with Crippen molar-refractivity contribution < 1.29 is 23.5 Å². The lowest BCUT2D eigenvalue weighted by atomic mass is 10.3. The van der Waals surface area contributed by atoms with Crippen LogP contribution in [0.25, 0.3) is 0 Å². The Kier molecular flexibility index (Phi) is 5.10. The van der Waals surface area contributed by atoms with Crippen LogP contribution in [-0.4, -0.2) is 25.4 Å². The number of carbonyl (C=O) groups excluding carboxylic acids is 2. The Balaban J connectivity index is 2.99. The number of carbonyl (C=O) groups is 2. The molecule has 0 spiro atoms. The molecule has 0 aliphatic rings. The summed E-state index contributed by atoms with van der Waals surface area (Å²) in [4.78, 5) is 24.0. The standard InChI is InChI=1S/C12H14FNO4/c1-3-17-11(15)14(12(16)18-4-2)10-7-5-9(13)6-8-10/h5-8H,3-4H2,1-2H3. The number of rotatable bonds is 3. The van der Waals surface area contributed by atoms with E-state index in [4.69, 9.17) is 9.47 Å². The van der Waals surface area contributed by atoms with Gasteiger partial charge in [-0.3, -0.25) is 0 Å². The summed E-state index contributed by atoms with van der Waals surface area (Å²) in [5, 5.41) is 0. The van der Waals surface area contributed by atoms with E-state index in [9.17, 15) is 14.0 Å². The largest absolute Gasteiger partial charge is 0.449 e. The van der Waals surface area contributed by atoms with Crippen molar-refractivity contribution in [2.75, 3.05) is 18.1 Å². The van der Waals surface area contributed by atoms with Gasteiger partial charge in [-0.2, -0.15) is 4.90 Å². The molecule has 5 nitrogen and oxygen atoms in total. The summed E-state index contributed by atoms with van der Waals surface area (Å²) in [6.07, 6.45) is -1.72. The Hall–Kier alpha value is -2.11. The van der Waals surface area contributed by atoms with Gasteiger partial charge < -0.3 is 9.47 Å². The van der Waals surface area contributed by atoms with Gasteiger partial charge in [0, 0.05) is 0 Å². The van der Waals surface area contributed by atoms with Crippen LogP contribution >= 0.6 is 0 Å². The highest BCUT2D eigenvalue weighted by Gasteiger charge is 2.25. The lowest BCUT2D eigenvalue weighted by Crippen LogP contribution is -2.38. The molecule has 1 aromatic rings. The molecule has 0 fully saturated rings. The van der Waals surface area contributed by atoms with Crippen molar-refractivity contribution in [2.24, 2.45) is 0 Å². The maximum Gasteiger partial charge on any atom is 0.423 e. The van der Waals surface area contributed by atoms with Crippen molar-refractivity contribution >= 4 is 17.9 Å². The molecule has 0 aliphatic carbocycles. The maximum atomic E-state index is 12.8. The van der Waals surface area contributed by atoms with Crippen molar-refractivity contribution in [1.82, 2.24) is 0 Å². The van der Waals surface area contributed by atoms with E-state index in [-0.39, 0.29) is 18.9 Å². The lowest BCUT2D eigenvalue weighted by Gasteiger charge is -2.19. The van der Waals surface area contributed by atoms with Crippen molar-refractivity contribution in [2.45, 2.75) is 13.8 Å². The number of nitrogens with zero attached hydrogens (tertiary/aromatic N) is 1. The molecule has 2 amide bonds. The van der Waals surface area contributed by atoms with Crippen LogP contribution in [0.3, 0.4) is 0 Å². The van der Waals surface area contributed by atoms with Crippen LogP contribution in [0.1, 0.15) is 13.8 Å². The molecule has 0 unspecified atom stereocenters. The van der Waals surface area contributed by atoms with E-state index in [2.05, 4.69) is 0 Å². The summed E-state index contributed by atoms with van der Waals surface area (Å²) in [5.74, 6) is -0.466. The summed E-state index contributed by atoms with van der Waals surface area (Å²) in [7, 11) is 0. The van der Waals surface area contributed by atoms with E-state index in [0.29, 0.717) is 4.90 Å². The summed E-state index contributed by atoms with van der Waals surface area (Å²) in [6, 6.07) is 4.87. The number of hydrogen-bond acceptors (Lipinski definition) is 4. The smallest absolute Gasteiger partial charge is 0.423 e. The van der Waals surface area contributed by atoms with Gasteiger partial charge in [0.05, 0.1) is 18.9 Å². The third kappa shape index (κ3) is 3.44. The van der Waals surface area contributed by atoms with Crippen LogP contribution in [0.4, 0.5) is 19.7 Å². The maximum absolute atomic E-state index is 12.8. The number of ether oxygens (including phenoxy) is 2. The van der Waals surface area contributed by atoms with Crippen LogP contribution in [0.5, 0.6) is 0 Å². The minimum absolute atomic E-state index is 0.121. The van der Waals surface area contributed by atoms with Gasteiger partial charge in [-0.25, -0.2) is 14.0 Å². The molecular formula is C12H14FNO4. The van der Waals surface area contributed by atoms with Crippen LogP contribution in [0.15, 0.2) is 24.3 Å². The number of imide groups is 1. The van der Waals surface area contributed by atoms with Crippen LogP contribution in [-0.2, 0) is 9.47 Å². The van der Waals surface area contributed by atoms with Crippen molar-refractivity contribution in [3.63, 3.8) is 0 Å². The molecule has 0 radical (unpaired) electrons. The first kappa shape index (κ1) is 14.0. The summed E-state index contributed by atoms with van der Waals surface area (Å²) in [5.41, 5.74) is 0.188. The molecule has 0 aliphatic heterocycles. The molecule has 0 bridgehead atoms. The average Bonchev–Trinajstić information content (AvgIpc) is 2.33. The fraction of sp³-hybridized carbons (Fsp3) is 0.333. The first-order chi connectivity index (χ1) is 8.60. The zero-order valence-corrected chi connectivity index (χ0v) is 10.2. The number of hydrogen-bond donors (Lipinski definition) is 0. The van der Waals surface area contributed by atoms with E-state index in [0.717, 1.165) is 12.1 Å². The second-order valence-electron chi connectivity index (χ2n) is 3.21. The molecule has 0 saturated heterocycles. The second kappa shape index (κ2) is 6.58. The highest BCUT2D eigenvalue weighted by atomic mass is 19.1. The zero-order valence-electron chi connectivity index (χ0n) is 10.2. The predicted molar refractivity (Wildman–Crippen MR) is 62.9 cm³/mol. The minimum atomic E-state index is -0.859. The second-order valence-corrected chi connectivity index (χ2v) is 3.21. The molecule has 6 heteroatoms. The highest BCUT2D eigenvalue weighted by molar-refractivity contribution is 6.09. The summed E-state index contributed by atoms with van der Waals surface area (Å²) < 4.78 is 22.3. The van der Waals surface area contributed by atoms with Gasteiger partial charge in [0.15, 0.2) is 0 Å². The molecule has 0 N–H and O–H groups in total. The zero-order chi connectivity index (χ0) is 13.5. The van der Waals surface area contributed by atoms with Crippen molar-refractivity contribution in [3.8, 4) is 0 Å². The summed E-state index contributed by atoms with van der Waals surface area (Å²) >= 11 is 0. The molecule has 1 aromatic carbocycles. The molecule has 98 valence electrons. The summed E-state index contributed by atoms with van der Waals surface area (Å²) in [6.45, 7) is 3.48. The topological polar surface area (TPSA) is 55.8 Å². The Morgan fingerprint density at radius 3 is 1.89 bits per heavy atom. The normalized spacial score (nSPS) is 9.72. The van der Waals surface area contributed by atoms with Gasteiger partial charge >= 0.3 is 12.2 Å². The lowest BCUT2D eigenvalue weighted by molar-refractivity contribution is 0.140. The van der Waals surface area contributed by atoms with E-state index in [1.807, 2.05) is 0 Å². The fourth-order valence-corrected chi connectivity index (χ4v) is 1.25. The third-order valence-electron chi connectivity index (χ3n) is 1.99. The third-order valence-corrected chi connectivity index (χ3v) is 1.99. The quantitative estimate of drug-likeness (QED) is 0.833. The van der Waals surface area contributed by atoms with Gasteiger partial charge in [-0.1, -0.05) is 0 Å². The predicted octanol–water partition coefficient (Wildman–Crippen LogP) is 2.95. The number of amides is 2. The number of halogens is 1. The Morgan fingerprint density at radius 2 is 1.50 bits per heavy atom. The molecular weight excluding hydrogens is 241 g/mol. The first-order valence-corrected chi connectivity index (χ1v) is 5.49. The van der Waals surface area contributed by atoms with Crippen molar-refractivity contribution in [3.05, 3.63) is 30.1 Å². The van der Waals surface area contributed by atoms with Crippen LogP contribution in [0.2, 0.25) is 0 Å². The SMILES string of the molecule is CCOC(=O)N(C(=O)OCC)c1ccc(F)cc1. The average molecular weight is 255 g/mol. The monoisotopic (exact) mass is 255 g/mol. The van der Waals surface area contributed by atoms with E-state index >= 15 is 0 Å². The Morgan fingerprint density at radius 1 is 1.06 bits per heavy atom. The molecule has 0 saturated carbocycles. The molecule has 18 heavy (non-hydrogen) atoms. The van der Waals surface area contributed by atoms with Crippen molar-refractivity contribution in [1.29, 1.82) is 0 Å². The number of anilines is 1. The van der Waals surface area contributed by atoms with E-state index < -0.39 is 18.0 Å². The van der Waals surface area contributed by atoms with Gasteiger partial charge in [-0.05, 0) is 38.1 Å². The van der Waals surface area contributed by atoms with Crippen LogP contribution in [0, 0.1) is 5.82 Å². The highest BCUT2D eigenvalue weighted by Crippen LogP contribution is 2.17.